The van der Waals surface area contributed by atoms with Gasteiger partial charge in [0.15, 0.2) is 0 Å². The predicted octanol–water partition coefficient (Wildman–Crippen LogP) is 5.44. The number of Topliss-reactive ketones (excluding diaryl/α,β-unsaturated/α-hetero) is 1. The summed E-state index contributed by atoms with van der Waals surface area (Å²) in [6.07, 6.45) is 4.91. The van der Waals surface area contributed by atoms with Gasteiger partial charge >= 0.3 is 5.97 Å². The van der Waals surface area contributed by atoms with Crippen molar-refractivity contribution in [3.8, 4) is 34.9 Å². The van der Waals surface area contributed by atoms with Crippen LogP contribution in [0.2, 0.25) is 0 Å². The molecule has 8 rings (SSSR count). The van der Waals surface area contributed by atoms with E-state index in [0.29, 0.717) is 72.7 Å². The average Bonchev–Trinajstić information content (AvgIpc) is 4.07. The Balaban J connectivity index is 0.000000160. The van der Waals surface area contributed by atoms with Crippen molar-refractivity contribution in [1.29, 1.82) is 10.5 Å². The van der Waals surface area contributed by atoms with Crippen LogP contribution in [0.25, 0.3) is 22.8 Å². The normalized spacial score (nSPS) is 15.7. The van der Waals surface area contributed by atoms with Crippen LogP contribution in [0.15, 0.2) is 94.2 Å². The summed E-state index contributed by atoms with van der Waals surface area (Å²) in [5, 5.41) is 34.1. The lowest BCUT2D eigenvalue weighted by molar-refractivity contribution is -0.140. The van der Waals surface area contributed by atoms with E-state index in [0.717, 1.165) is 41.3 Å². The van der Waals surface area contributed by atoms with E-state index in [1.165, 1.54) is 6.20 Å². The van der Waals surface area contributed by atoms with E-state index in [9.17, 15) is 9.59 Å². The van der Waals surface area contributed by atoms with Crippen LogP contribution in [0.5, 0.6) is 0 Å². The summed E-state index contributed by atoms with van der Waals surface area (Å²) in [4.78, 5) is 44.4. The molecule has 2 aromatic carbocycles. The molecule has 2 aliphatic heterocycles. The van der Waals surface area contributed by atoms with Crippen LogP contribution in [0.3, 0.4) is 0 Å². The third-order valence-corrected chi connectivity index (χ3v) is 9.35. The van der Waals surface area contributed by atoms with Gasteiger partial charge in [-0.3, -0.25) is 9.59 Å². The number of carboxylic acid groups (broad SMARTS) is 1. The van der Waals surface area contributed by atoms with E-state index < -0.39 is 5.97 Å². The molecule has 0 amide bonds. The number of hydrogen-bond acceptors (Lipinski definition) is 15. The highest BCUT2D eigenvalue weighted by Crippen LogP contribution is 2.26. The number of rotatable bonds is 8. The number of benzene rings is 2. The molecule has 288 valence electrons. The van der Waals surface area contributed by atoms with Gasteiger partial charge in [0.25, 0.3) is 0 Å². The second-order valence-electron chi connectivity index (χ2n) is 13.5. The lowest BCUT2D eigenvalue weighted by Crippen LogP contribution is -2.24. The van der Waals surface area contributed by atoms with Gasteiger partial charge in [0.05, 0.1) is 17.0 Å². The minimum absolute atomic E-state index is 0.0199. The van der Waals surface area contributed by atoms with Gasteiger partial charge in [-0.15, -0.1) is 0 Å². The Hall–Kier alpha value is -7.46. The topological polar surface area (TPSA) is 238 Å². The zero-order chi connectivity index (χ0) is 40.3. The maximum atomic E-state index is 12.8. The summed E-state index contributed by atoms with van der Waals surface area (Å²) < 4.78 is 9.89. The maximum absolute atomic E-state index is 12.8. The molecular formula is C41H39N11O5. The van der Waals surface area contributed by atoms with E-state index in [1.807, 2.05) is 65.6 Å². The number of anilines is 3. The zero-order valence-electron chi connectivity index (χ0n) is 31.3. The Bertz CT molecular complexity index is 2400. The van der Waals surface area contributed by atoms with E-state index in [1.54, 1.807) is 38.2 Å². The van der Waals surface area contributed by atoms with Gasteiger partial charge in [0.2, 0.25) is 23.4 Å². The predicted molar refractivity (Wildman–Crippen MR) is 208 cm³/mol. The molecule has 3 N–H and O–H groups in total. The first-order valence-electron chi connectivity index (χ1n) is 18.1. The molecule has 2 unspecified atom stereocenters. The van der Waals surface area contributed by atoms with Gasteiger partial charge in [0.1, 0.15) is 29.6 Å². The van der Waals surface area contributed by atoms with Crippen LogP contribution in [0.1, 0.15) is 41.3 Å². The van der Waals surface area contributed by atoms with Gasteiger partial charge in [-0.2, -0.15) is 20.5 Å². The first-order valence-corrected chi connectivity index (χ1v) is 18.1. The largest absolute Gasteiger partial charge is 0.481 e. The number of aliphatic carboxylic acids is 1. The summed E-state index contributed by atoms with van der Waals surface area (Å²) in [5.41, 5.74) is 10.0. The quantitative estimate of drug-likeness (QED) is 0.183. The van der Waals surface area contributed by atoms with Crippen molar-refractivity contribution in [2.45, 2.75) is 33.1 Å². The fourth-order valence-corrected chi connectivity index (χ4v) is 6.36. The van der Waals surface area contributed by atoms with Crippen molar-refractivity contribution >= 4 is 29.1 Å². The zero-order valence-corrected chi connectivity index (χ0v) is 31.3. The Kier molecular flexibility index (Phi) is 12.6. The highest BCUT2D eigenvalue weighted by atomic mass is 16.5. The number of aryl methyl sites for hydroxylation is 2. The van der Waals surface area contributed by atoms with Crippen molar-refractivity contribution in [1.82, 2.24) is 30.2 Å². The molecule has 6 heterocycles. The number of carbonyl (C=O) groups excluding carboxylic acids is 1. The second-order valence-corrected chi connectivity index (χ2v) is 13.5. The monoisotopic (exact) mass is 765 g/mol. The molecular weight excluding hydrogens is 727 g/mol. The molecule has 0 saturated carbocycles. The van der Waals surface area contributed by atoms with E-state index >= 15 is 0 Å². The Morgan fingerprint density at radius 3 is 1.75 bits per heavy atom. The minimum atomic E-state index is -0.754. The van der Waals surface area contributed by atoms with Gasteiger partial charge in [-0.1, -0.05) is 40.6 Å². The number of carbonyl (C=O) groups is 2. The van der Waals surface area contributed by atoms with Crippen LogP contribution in [-0.2, 0) is 16.0 Å². The number of aromatic nitrogens is 6. The van der Waals surface area contributed by atoms with Gasteiger partial charge in [-0.25, -0.2) is 9.97 Å². The summed E-state index contributed by atoms with van der Waals surface area (Å²) in [5.74, 6) is 2.86. The van der Waals surface area contributed by atoms with Crippen molar-refractivity contribution in [2.75, 3.05) is 41.7 Å². The van der Waals surface area contributed by atoms with E-state index in [2.05, 4.69) is 41.2 Å². The fourth-order valence-electron chi connectivity index (χ4n) is 6.36. The molecule has 16 nitrogen and oxygen atoms in total. The van der Waals surface area contributed by atoms with Gasteiger partial charge in [-0.05, 0) is 60.9 Å². The van der Waals surface area contributed by atoms with Gasteiger partial charge < -0.3 is 29.7 Å². The number of nitrogen functional groups attached to an aromatic ring is 1. The molecule has 2 fully saturated rings. The molecule has 4 aromatic heterocycles. The molecule has 0 spiro atoms. The lowest BCUT2D eigenvalue weighted by atomic mass is 9.96. The number of pyridine rings is 2. The number of nitriles is 2. The molecule has 0 radical (unpaired) electrons. The summed E-state index contributed by atoms with van der Waals surface area (Å²) in [7, 11) is 0. The van der Waals surface area contributed by atoms with E-state index in [-0.39, 0.29) is 17.6 Å². The number of hydrogen-bond donors (Lipinski definition) is 2. The van der Waals surface area contributed by atoms with E-state index in [4.69, 9.17) is 30.4 Å². The molecule has 57 heavy (non-hydrogen) atoms. The molecule has 0 bridgehead atoms. The lowest BCUT2D eigenvalue weighted by Gasteiger charge is -2.17. The summed E-state index contributed by atoms with van der Waals surface area (Å²) in [6, 6.07) is 26.2. The van der Waals surface area contributed by atoms with Crippen molar-refractivity contribution in [2.24, 2.45) is 11.8 Å². The third kappa shape index (κ3) is 10.4. The smallest absolute Gasteiger partial charge is 0.308 e. The Morgan fingerprint density at radius 1 is 0.772 bits per heavy atom. The molecule has 0 aliphatic carbocycles. The Morgan fingerprint density at radius 2 is 1.30 bits per heavy atom. The average molecular weight is 766 g/mol. The van der Waals surface area contributed by atoms with Crippen molar-refractivity contribution in [3.63, 3.8) is 0 Å². The number of carboxylic acids is 1. The molecule has 6 aromatic rings. The number of nitrogens with zero attached hydrogens (tertiary/aromatic N) is 10. The Labute approximate surface area is 328 Å². The highest BCUT2D eigenvalue weighted by molar-refractivity contribution is 5.84. The highest BCUT2D eigenvalue weighted by Gasteiger charge is 2.30. The van der Waals surface area contributed by atoms with Crippen LogP contribution in [0.4, 0.5) is 17.3 Å². The van der Waals surface area contributed by atoms with Crippen LogP contribution < -0.4 is 15.5 Å². The second kappa shape index (κ2) is 18.2. The molecule has 2 saturated heterocycles. The van der Waals surface area contributed by atoms with Crippen molar-refractivity contribution in [3.05, 3.63) is 114 Å². The first kappa shape index (κ1) is 39.2. The number of nitrogens with two attached hydrogens (primary N) is 1. The maximum Gasteiger partial charge on any atom is 0.308 e. The summed E-state index contributed by atoms with van der Waals surface area (Å²) in [6.45, 7) is 6.14. The first-order chi connectivity index (χ1) is 27.6. The third-order valence-electron chi connectivity index (χ3n) is 9.35. The summed E-state index contributed by atoms with van der Waals surface area (Å²) >= 11 is 0. The molecule has 16 heteroatoms. The standard InChI is InChI=1S/C21H19N5O2.C11H11N3O2.C9H9N3O/c1-14-24-21(25-28-14)17-4-2-3-15(9-17)10-19(27)18-7-8-26(13-18)20-6-5-16(11-22)12-23-20;12-5-8-1-2-10(13-6-8)14-4-3-9(7-14)11(15)16;1-6-11-9(12-13-6)7-3-2-4-8(10)5-7/h2-6,9,12,18H,7-8,10,13H2,1H3;1-2,6,9H,3-4,7H2,(H,15,16);2-5H,10H2,1H3. The number of ketones is 1. The molecule has 2 aliphatic rings. The van der Waals surface area contributed by atoms with Crippen LogP contribution in [-0.4, -0.2) is 73.3 Å². The molecule has 2 atom stereocenters. The SMILES string of the molecule is Cc1nc(-c2cccc(CC(=O)C3CCN(c4ccc(C#N)cn4)C3)c2)no1.Cc1nc(-c2cccc(N)c2)no1.N#Cc1ccc(N2CCC(C(=O)O)C2)nc1. The van der Waals surface area contributed by atoms with Gasteiger partial charge in [0, 0.05) is 81.6 Å². The minimum Gasteiger partial charge on any atom is -0.481 e. The van der Waals surface area contributed by atoms with Crippen molar-refractivity contribution < 1.29 is 23.7 Å². The fraction of sp³-hybridized carbons (Fsp3) is 0.268. The van der Waals surface area contributed by atoms with Crippen LogP contribution >= 0.6 is 0 Å². The van der Waals surface area contributed by atoms with Crippen LogP contribution in [0, 0.1) is 48.3 Å².